The number of para-hydroxylation sites is 1. The second-order valence-electron chi connectivity index (χ2n) is 2.75. The van der Waals surface area contributed by atoms with E-state index in [4.69, 9.17) is 10.5 Å². The first kappa shape index (κ1) is 11.3. The smallest absolute Gasteiger partial charge is 0.344 e. The largest absolute Gasteiger partial charge is 0.477 e. The highest BCUT2D eigenvalue weighted by Gasteiger charge is 2.09. The van der Waals surface area contributed by atoms with Crippen molar-refractivity contribution in [1.29, 1.82) is 0 Å². The van der Waals surface area contributed by atoms with E-state index in [2.05, 4.69) is 4.74 Å². The van der Waals surface area contributed by atoms with E-state index in [0.717, 1.165) is 0 Å². The molecule has 1 aromatic rings. The number of rotatable bonds is 4. The van der Waals surface area contributed by atoms with Crippen molar-refractivity contribution < 1.29 is 18.7 Å². The Kier molecular flexibility index (Phi) is 3.91. The summed E-state index contributed by atoms with van der Waals surface area (Å²) in [7, 11) is 0. The Morgan fingerprint density at radius 1 is 1.53 bits per heavy atom. The number of benzene rings is 1. The normalized spacial score (nSPS) is 9.73. The number of esters is 1. The summed E-state index contributed by atoms with van der Waals surface area (Å²) in [5.41, 5.74) is 5.62. The predicted molar refractivity (Wildman–Crippen MR) is 52.9 cm³/mol. The molecule has 0 amide bonds. The Morgan fingerprint density at radius 3 is 2.87 bits per heavy atom. The van der Waals surface area contributed by atoms with Gasteiger partial charge in [-0.1, -0.05) is 6.07 Å². The molecule has 0 heterocycles. The van der Waals surface area contributed by atoms with Gasteiger partial charge in [0.25, 0.3) is 0 Å². The third kappa shape index (κ3) is 3.12. The van der Waals surface area contributed by atoms with Crippen LogP contribution in [0.1, 0.15) is 6.92 Å². The summed E-state index contributed by atoms with van der Waals surface area (Å²) in [5, 5.41) is 0. The van der Waals surface area contributed by atoms with Crippen LogP contribution in [-0.4, -0.2) is 19.2 Å². The average molecular weight is 213 g/mol. The number of nitrogens with two attached hydrogens (primary N) is 1. The molecule has 0 atom stereocenters. The van der Waals surface area contributed by atoms with Gasteiger partial charge in [0.15, 0.2) is 18.2 Å². The van der Waals surface area contributed by atoms with Crippen LogP contribution >= 0.6 is 0 Å². The molecule has 1 aromatic carbocycles. The minimum absolute atomic E-state index is 0.120. The Balaban J connectivity index is 2.61. The second kappa shape index (κ2) is 5.19. The Labute approximate surface area is 86.8 Å². The summed E-state index contributed by atoms with van der Waals surface area (Å²) in [6.07, 6.45) is 0. The molecule has 0 fully saturated rings. The lowest BCUT2D eigenvalue weighted by atomic mass is 10.3. The highest BCUT2D eigenvalue weighted by molar-refractivity contribution is 5.71. The van der Waals surface area contributed by atoms with E-state index in [1.165, 1.54) is 18.2 Å². The number of carbonyl (C=O) groups excluding carboxylic acids is 1. The number of ether oxygens (including phenoxy) is 2. The van der Waals surface area contributed by atoms with Crippen molar-refractivity contribution in [3.63, 3.8) is 0 Å². The van der Waals surface area contributed by atoms with Crippen molar-refractivity contribution in [2.45, 2.75) is 6.92 Å². The van der Waals surface area contributed by atoms with Crippen LogP contribution in [0.15, 0.2) is 18.2 Å². The zero-order valence-electron chi connectivity index (χ0n) is 8.33. The van der Waals surface area contributed by atoms with Crippen molar-refractivity contribution in [2.24, 2.45) is 0 Å². The summed E-state index contributed by atoms with van der Waals surface area (Å²) in [6, 6.07) is 4.16. The van der Waals surface area contributed by atoms with Crippen LogP contribution in [0.4, 0.5) is 10.1 Å². The molecule has 15 heavy (non-hydrogen) atoms. The van der Waals surface area contributed by atoms with E-state index in [1.807, 2.05) is 0 Å². The lowest BCUT2D eigenvalue weighted by Crippen LogP contribution is -2.15. The van der Waals surface area contributed by atoms with E-state index in [0.29, 0.717) is 0 Å². The van der Waals surface area contributed by atoms with Gasteiger partial charge in [-0.3, -0.25) is 0 Å². The van der Waals surface area contributed by atoms with Crippen molar-refractivity contribution in [3.8, 4) is 5.75 Å². The molecule has 4 nitrogen and oxygen atoms in total. The zero-order chi connectivity index (χ0) is 11.3. The number of carbonyl (C=O) groups is 1. The molecule has 0 bridgehead atoms. The fourth-order valence-electron chi connectivity index (χ4n) is 1.01. The van der Waals surface area contributed by atoms with Gasteiger partial charge in [0.1, 0.15) is 0 Å². The molecule has 0 aliphatic heterocycles. The first-order chi connectivity index (χ1) is 7.15. The summed E-state index contributed by atoms with van der Waals surface area (Å²) < 4.78 is 22.7. The molecule has 1 rings (SSSR count). The second-order valence-corrected chi connectivity index (χ2v) is 2.75. The molecule has 82 valence electrons. The van der Waals surface area contributed by atoms with Crippen molar-refractivity contribution in [3.05, 3.63) is 24.0 Å². The molecule has 0 saturated carbocycles. The van der Waals surface area contributed by atoms with Gasteiger partial charge in [-0.2, -0.15) is 0 Å². The van der Waals surface area contributed by atoms with Crippen LogP contribution in [0, 0.1) is 5.82 Å². The van der Waals surface area contributed by atoms with Crippen LogP contribution < -0.4 is 10.5 Å². The van der Waals surface area contributed by atoms with Crippen LogP contribution in [0.5, 0.6) is 5.75 Å². The molecule has 2 N–H and O–H groups in total. The molecule has 0 spiro atoms. The van der Waals surface area contributed by atoms with Crippen molar-refractivity contribution in [2.75, 3.05) is 18.9 Å². The van der Waals surface area contributed by atoms with Crippen molar-refractivity contribution >= 4 is 11.7 Å². The molecular weight excluding hydrogens is 201 g/mol. The standard InChI is InChI=1S/C10H12FNO3/c1-2-14-9(13)6-15-10-7(11)4-3-5-8(10)12/h3-5H,2,6,12H2,1H3. The van der Waals surface area contributed by atoms with E-state index >= 15 is 0 Å². The Bertz CT molecular complexity index is 334. The van der Waals surface area contributed by atoms with Gasteiger partial charge in [-0.05, 0) is 19.1 Å². The Hall–Kier alpha value is -1.78. The third-order valence-corrected chi connectivity index (χ3v) is 1.64. The fraction of sp³-hybridized carbons (Fsp3) is 0.300. The maximum Gasteiger partial charge on any atom is 0.344 e. The molecule has 0 aliphatic carbocycles. The molecule has 0 aromatic heterocycles. The summed E-state index contributed by atoms with van der Waals surface area (Å²) in [6.45, 7) is 1.59. The predicted octanol–water partition coefficient (Wildman–Crippen LogP) is 1.35. The fourth-order valence-corrected chi connectivity index (χ4v) is 1.01. The van der Waals surface area contributed by atoms with E-state index in [-0.39, 0.29) is 24.7 Å². The highest BCUT2D eigenvalue weighted by atomic mass is 19.1. The SMILES string of the molecule is CCOC(=O)COc1c(N)cccc1F. The first-order valence-corrected chi connectivity index (χ1v) is 4.47. The molecule has 0 aliphatic rings. The molecule has 5 heteroatoms. The quantitative estimate of drug-likeness (QED) is 0.605. The van der Waals surface area contributed by atoms with Crippen LogP contribution in [0.3, 0.4) is 0 Å². The van der Waals surface area contributed by atoms with Gasteiger partial charge in [0, 0.05) is 0 Å². The van der Waals surface area contributed by atoms with Gasteiger partial charge in [0.05, 0.1) is 12.3 Å². The maximum absolute atomic E-state index is 13.1. The minimum Gasteiger partial charge on any atom is -0.477 e. The maximum atomic E-state index is 13.1. The summed E-state index contributed by atoms with van der Waals surface area (Å²) in [5.74, 6) is -1.27. The van der Waals surface area contributed by atoms with Gasteiger partial charge in [-0.15, -0.1) is 0 Å². The molecule has 0 unspecified atom stereocenters. The topological polar surface area (TPSA) is 61.5 Å². The number of hydrogen-bond acceptors (Lipinski definition) is 4. The molecule has 0 radical (unpaired) electrons. The van der Waals surface area contributed by atoms with E-state index in [9.17, 15) is 9.18 Å². The number of anilines is 1. The average Bonchev–Trinajstić information content (AvgIpc) is 2.17. The van der Waals surface area contributed by atoms with Gasteiger partial charge >= 0.3 is 5.97 Å². The first-order valence-electron chi connectivity index (χ1n) is 4.47. The molecular formula is C10H12FNO3. The molecule has 0 saturated heterocycles. The van der Waals surface area contributed by atoms with E-state index in [1.54, 1.807) is 6.92 Å². The van der Waals surface area contributed by atoms with Gasteiger partial charge in [0.2, 0.25) is 0 Å². The van der Waals surface area contributed by atoms with Gasteiger partial charge in [-0.25, -0.2) is 9.18 Å². The number of nitrogen functional groups attached to an aromatic ring is 1. The number of halogens is 1. The van der Waals surface area contributed by atoms with Crippen LogP contribution in [0.2, 0.25) is 0 Å². The lowest BCUT2D eigenvalue weighted by Gasteiger charge is -2.08. The zero-order valence-corrected chi connectivity index (χ0v) is 8.33. The van der Waals surface area contributed by atoms with Crippen LogP contribution in [0.25, 0.3) is 0 Å². The lowest BCUT2D eigenvalue weighted by molar-refractivity contribution is -0.145. The number of hydrogen-bond donors (Lipinski definition) is 1. The van der Waals surface area contributed by atoms with Gasteiger partial charge < -0.3 is 15.2 Å². The highest BCUT2D eigenvalue weighted by Crippen LogP contribution is 2.24. The summed E-state index contributed by atoms with van der Waals surface area (Å²) in [4.78, 5) is 10.9. The Morgan fingerprint density at radius 2 is 2.27 bits per heavy atom. The monoisotopic (exact) mass is 213 g/mol. The van der Waals surface area contributed by atoms with Crippen LogP contribution in [-0.2, 0) is 9.53 Å². The minimum atomic E-state index is -0.598. The third-order valence-electron chi connectivity index (χ3n) is 1.64. The van der Waals surface area contributed by atoms with E-state index < -0.39 is 11.8 Å². The summed E-state index contributed by atoms with van der Waals surface area (Å²) >= 11 is 0. The van der Waals surface area contributed by atoms with Crippen molar-refractivity contribution in [1.82, 2.24) is 0 Å².